The van der Waals surface area contributed by atoms with Gasteiger partial charge in [-0.15, -0.1) is 0 Å². The Labute approximate surface area is 134 Å². The molecule has 0 aliphatic carbocycles. The van der Waals surface area contributed by atoms with Crippen LogP contribution in [0.2, 0.25) is 0 Å². The van der Waals surface area contributed by atoms with Gasteiger partial charge in [0.05, 0.1) is 0 Å². The zero-order chi connectivity index (χ0) is 16.6. The Balaban J connectivity index is 1.84. The van der Waals surface area contributed by atoms with Crippen LogP contribution in [-0.2, 0) is 19.9 Å². The van der Waals surface area contributed by atoms with Gasteiger partial charge in [-0.1, -0.05) is 12.1 Å². The van der Waals surface area contributed by atoms with Crippen LogP contribution in [0.15, 0.2) is 35.1 Å². The first kappa shape index (κ1) is 15.5. The van der Waals surface area contributed by atoms with E-state index in [0.29, 0.717) is 37.1 Å². The largest absolute Gasteiger partial charge is 0.338 e. The summed E-state index contributed by atoms with van der Waals surface area (Å²) in [5.41, 5.74) is 2.93. The van der Waals surface area contributed by atoms with Crippen LogP contribution in [0.5, 0.6) is 0 Å². The Bertz CT molecular complexity index is 826. The molecule has 0 radical (unpaired) electrons. The number of benzene rings is 1. The third-order valence-corrected chi connectivity index (χ3v) is 4.51. The van der Waals surface area contributed by atoms with E-state index in [-0.39, 0.29) is 17.3 Å². The van der Waals surface area contributed by atoms with Crippen molar-refractivity contribution < 1.29 is 9.18 Å². The number of aromatic nitrogens is 1. The number of rotatable bonds is 1. The smallest absolute Gasteiger partial charge is 0.253 e. The maximum Gasteiger partial charge on any atom is 0.253 e. The van der Waals surface area contributed by atoms with Crippen LogP contribution in [0.3, 0.4) is 0 Å². The number of amides is 1. The molecule has 23 heavy (non-hydrogen) atoms. The van der Waals surface area contributed by atoms with E-state index >= 15 is 0 Å². The molecule has 2 heterocycles. The Kier molecular flexibility index (Phi) is 4.03. The second-order valence-corrected chi connectivity index (χ2v) is 5.96. The number of halogens is 1. The summed E-state index contributed by atoms with van der Waals surface area (Å²) < 4.78 is 15.3. The monoisotopic (exact) mass is 314 g/mol. The van der Waals surface area contributed by atoms with E-state index < -0.39 is 0 Å². The van der Waals surface area contributed by atoms with Crippen LogP contribution >= 0.6 is 0 Å². The molecular weight excluding hydrogens is 295 g/mol. The molecular formula is C18H19FN2O2. The first-order valence-corrected chi connectivity index (χ1v) is 7.70. The van der Waals surface area contributed by atoms with Crippen molar-refractivity contribution in [2.45, 2.75) is 19.8 Å². The molecule has 2 aromatic rings. The first-order valence-electron chi connectivity index (χ1n) is 7.70. The number of carbonyl (C=O) groups is 1. The van der Waals surface area contributed by atoms with Gasteiger partial charge < -0.3 is 9.47 Å². The fourth-order valence-electron chi connectivity index (χ4n) is 3.00. The van der Waals surface area contributed by atoms with E-state index in [1.54, 1.807) is 41.6 Å². The molecule has 4 nitrogen and oxygen atoms in total. The molecule has 1 amide bonds. The number of hydrogen-bond acceptors (Lipinski definition) is 2. The standard InChI is InChI=1S/C18H19FN2O2/c1-12-3-4-14(11-15(12)19)18(23)21-9-7-13-5-6-17(22)20(2)16(13)8-10-21/h3-6,11H,7-10H2,1-2H3. The molecule has 0 unspecified atom stereocenters. The SMILES string of the molecule is Cc1ccc(C(=O)N2CCc3ccc(=O)n(C)c3CC2)cc1F. The van der Waals surface area contributed by atoms with Gasteiger partial charge in [0, 0.05) is 43.9 Å². The molecule has 3 rings (SSSR count). The van der Waals surface area contributed by atoms with Crippen LogP contribution in [0.4, 0.5) is 4.39 Å². The van der Waals surface area contributed by atoms with Crippen molar-refractivity contribution in [2.24, 2.45) is 7.05 Å². The lowest BCUT2D eigenvalue weighted by Crippen LogP contribution is -2.33. The molecule has 0 atom stereocenters. The van der Waals surface area contributed by atoms with Crippen LogP contribution in [0, 0.1) is 12.7 Å². The van der Waals surface area contributed by atoms with E-state index in [1.807, 2.05) is 6.07 Å². The van der Waals surface area contributed by atoms with E-state index in [0.717, 1.165) is 11.3 Å². The maximum atomic E-state index is 13.7. The Morgan fingerprint density at radius 3 is 2.61 bits per heavy atom. The summed E-state index contributed by atoms with van der Waals surface area (Å²) in [5, 5.41) is 0. The van der Waals surface area contributed by atoms with Gasteiger partial charge in [0.1, 0.15) is 5.82 Å². The average molecular weight is 314 g/mol. The van der Waals surface area contributed by atoms with E-state index in [4.69, 9.17) is 0 Å². The molecule has 0 saturated heterocycles. The van der Waals surface area contributed by atoms with E-state index in [9.17, 15) is 14.0 Å². The highest BCUT2D eigenvalue weighted by molar-refractivity contribution is 5.94. The number of nitrogens with zero attached hydrogens (tertiary/aromatic N) is 2. The van der Waals surface area contributed by atoms with E-state index in [2.05, 4.69) is 0 Å². The van der Waals surface area contributed by atoms with Crippen LogP contribution in [-0.4, -0.2) is 28.5 Å². The summed E-state index contributed by atoms with van der Waals surface area (Å²) in [7, 11) is 1.76. The minimum atomic E-state index is -0.364. The molecule has 5 heteroatoms. The number of carbonyl (C=O) groups excluding carboxylic acids is 1. The van der Waals surface area contributed by atoms with Crippen molar-refractivity contribution in [2.75, 3.05) is 13.1 Å². The van der Waals surface area contributed by atoms with Crippen molar-refractivity contribution in [3.63, 3.8) is 0 Å². The summed E-state index contributed by atoms with van der Waals surface area (Å²) in [4.78, 5) is 26.1. The quantitative estimate of drug-likeness (QED) is 0.809. The average Bonchev–Trinajstić information content (AvgIpc) is 2.76. The number of hydrogen-bond donors (Lipinski definition) is 0. The molecule has 120 valence electrons. The Morgan fingerprint density at radius 1 is 1.13 bits per heavy atom. The number of fused-ring (bicyclic) bond motifs is 1. The fraction of sp³-hybridized carbons (Fsp3) is 0.333. The third-order valence-electron chi connectivity index (χ3n) is 4.51. The molecule has 0 fully saturated rings. The van der Waals surface area contributed by atoms with E-state index in [1.165, 1.54) is 6.07 Å². The highest BCUT2D eigenvalue weighted by Gasteiger charge is 2.21. The summed E-state index contributed by atoms with van der Waals surface area (Å²) in [6.07, 6.45) is 1.32. The predicted octanol–water partition coefficient (Wildman–Crippen LogP) is 2.07. The van der Waals surface area contributed by atoms with Crippen molar-refractivity contribution in [1.29, 1.82) is 0 Å². The first-order chi connectivity index (χ1) is 11.0. The van der Waals surface area contributed by atoms with Gasteiger partial charge in [-0.3, -0.25) is 9.59 Å². The zero-order valence-electron chi connectivity index (χ0n) is 13.3. The normalized spacial score (nSPS) is 14.3. The molecule has 0 N–H and O–H groups in total. The second kappa shape index (κ2) is 5.99. The lowest BCUT2D eigenvalue weighted by atomic mass is 10.1. The number of aryl methyl sites for hydroxylation is 1. The summed E-state index contributed by atoms with van der Waals surface area (Å²) in [6.45, 7) is 2.77. The lowest BCUT2D eigenvalue weighted by molar-refractivity contribution is 0.0762. The van der Waals surface area contributed by atoms with Gasteiger partial charge in [0.15, 0.2) is 0 Å². The molecule has 0 spiro atoms. The minimum Gasteiger partial charge on any atom is -0.338 e. The molecule has 1 aliphatic rings. The van der Waals surface area contributed by atoms with Gasteiger partial charge in [0.25, 0.3) is 5.91 Å². The summed E-state index contributed by atoms with van der Waals surface area (Å²) in [5.74, 6) is -0.530. The molecule has 0 bridgehead atoms. The zero-order valence-corrected chi connectivity index (χ0v) is 13.3. The predicted molar refractivity (Wildman–Crippen MR) is 86.1 cm³/mol. The summed E-state index contributed by atoms with van der Waals surface area (Å²) in [6, 6.07) is 7.99. The van der Waals surface area contributed by atoms with Gasteiger partial charge in [0.2, 0.25) is 5.56 Å². The Morgan fingerprint density at radius 2 is 1.87 bits per heavy atom. The maximum absolute atomic E-state index is 13.7. The van der Waals surface area contributed by atoms with Crippen LogP contribution in [0.25, 0.3) is 0 Å². The fourth-order valence-corrected chi connectivity index (χ4v) is 3.00. The van der Waals surface area contributed by atoms with Crippen LogP contribution < -0.4 is 5.56 Å². The third kappa shape index (κ3) is 2.91. The lowest BCUT2D eigenvalue weighted by Gasteiger charge is -2.20. The number of pyridine rings is 1. The van der Waals surface area contributed by atoms with Gasteiger partial charge in [-0.25, -0.2) is 4.39 Å². The molecule has 1 aromatic carbocycles. The second-order valence-electron chi connectivity index (χ2n) is 5.96. The van der Waals surface area contributed by atoms with Gasteiger partial charge >= 0.3 is 0 Å². The van der Waals surface area contributed by atoms with Crippen molar-refractivity contribution in [3.8, 4) is 0 Å². The van der Waals surface area contributed by atoms with Gasteiger partial charge in [-0.05, 0) is 36.6 Å². The van der Waals surface area contributed by atoms with Crippen molar-refractivity contribution >= 4 is 5.91 Å². The minimum absolute atomic E-state index is 0.0378. The highest BCUT2D eigenvalue weighted by Crippen LogP contribution is 2.17. The molecule has 1 aromatic heterocycles. The summed E-state index contributed by atoms with van der Waals surface area (Å²) >= 11 is 0. The van der Waals surface area contributed by atoms with Crippen molar-refractivity contribution in [3.05, 3.63) is 68.9 Å². The Hall–Kier alpha value is -2.43. The van der Waals surface area contributed by atoms with Crippen LogP contribution in [0.1, 0.15) is 27.2 Å². The molecule has 1 aliphatic heterocycles. The van der Waals surface area contributed by atoms with Crippen molar-refractivity contribution in [1.82, 2.24) is 9.47 Å². The highest BCUT2D eigenvalue weighted by atomic mass is 19.1. The topological polar surface area (TPSA) is 42.3 Å². The molecule has 0 saturated carbocycles. The van der Waals surface area contributed by atoms with Gasteiger partial charge in [-0.2, -0.15) is 0 Å².